The Bertz CT molecular complexity index is 1150. The van der Waals surface area contributed by atoms with Gasteiger partial charge in [0.15, 0.2) is 0 Å². The van der Waals surface area contributed by atoms with Crippen LogP contribution < -0.4 is 15.1 Å². The van der Waals surface area contributed by atoms with Crippen molar-refractivity contribution >= 4 is 28.2 Å². The van der Waals surface area contributed by atoms with Gasteiger partial charge in [0.25, 0.3) is 5.91 Å². The summed E-state index contributed by atoms with van der Waals surface area (Å²) in [7, 11) is 0. The highest BCUT2D eigenvalue weighted by molar-refractivity contribution is 6.01. The van der Waals surface area contributed by atoms with E-state index in [-0.39, 0.29) is 11.7 Å². The highest BCUT2D eigenvalue weighted by Crippen LogP contribution is 2.27. The molecule has 0 aliphatic carbocycles. The van der Waals surface area contributed by atoms with Crippen molar-refractivity contribution in [3.8, 4) is 0 Å². The van der Waals surface area contributed by atoms with Crippen molar-refractivity contribution in [2.45, 2.75) is 32.2 Å². The van der Waals surface area contributed by atoms with E-state index >= 15 is 0 Å². The molecule has 1 aromatic heterocycles. The molecule has 0 unspecified atom stereocenters. The number of halogens is 1. The molecule has 0 spiro atoms. The predicted octanol–water partition coefficient (Wildman–Crippen LogP) is 4.30. The summed E-state index contributed by atoms with van der Waals surface area (Å²) in [4.78, 5) is 24.7. The smallest absolute Gasteiger partial charge is 0.251 e. The van der Waals surface area contributed by atoms with Crippen molar-refractivity contribution in [3.63, 3.8) is 0 Å². The molecule has 7 heteroatoms. The number of likely N-dealkylation sites (tertiary alicyclic amines) is 1. The number of pyridine rings is 1. The number of hydrogen-bond acceptors (Lipinski definition) is 5. The van der Waals surface area contributed by atoms with Crippen molar-refractivity contribution in [1.82, 2.24) is 15.2 Å². The molecule has 35 heavy (non-hydrogen) atoms. The first-order chi connectivity index (χ1) is 17.1. The van der Waals surface area contributed by atoms with Gasteiger partial charge in [-0.2, -0.15) is 0 Å². The molecule has 184 valence electrons. The summed E-state index contributed by atoms with van der Waals surface area (Å²) >= 11 is 0. The molecule has 6 nitrogen and oxygen atoms in total. The summed E-state index contributed by atoms with van der Waals surface area (Å²) in [5, 5.41) is 5.19. The molecule has 3 aromatic rings. The van der Waals surface area contributed by atoms with Crippen molar-refractivity contribution in [2.24, 2.45) is 0 Å². The molecule has 2 aliphatic rings. The van der Waals surface area contributed by atoms with Crippen LogP contribution in [0.1, 0.15) is 36.5 Å². The van der Waals surface area contributed by atoms with Crippen LogP contribution in [0.4, 0.5) is 15.9 Å². The van der Waals surface area contributed by atoms with E-state index in [9.17, 15) is 9.18 Å². The molecule has 2 aromatic carbocycles. The first-order valence-electron chi connectivity index (χ1n) is 12.7. The van der Waals surface area contributed by atoms with Crippen LogP contribution in [0.25, 0.3) is 10.8 Å². The summed E-state index contributed by atoms with van der Waals surface area (Å²) < 4.78 is 13.3. The van der Waals surface area contributed by atoms with Crippen molar-refractivity contribution in [3.05, 3.63) is 66.1 Å². The van der Waals surface area contributed by atoms with Crippen LogP contribution in [0, 0.1) is 5.82 Å². The molecule has 2 aliphatic heterocycles. The lowest BCUT2D eigenvalue weighted by molar-refractivity contribution is 0.0949. The van der Waals surface area contributed by atoms with E-state index in [4.69, 9.17) is 4.98 Å². The van der Waals surface area contributed by atoms with Gasteiger partial charge in [-0.1, -0.05) is 6.07 Å². The van der Waals surface area contributed by atoms with E-state index in [0.29, 0.717) is 18.2 Å². The number of carbonyl (C=O) groups is 1. The number of piperazine rings is 1. The second kappa shape index (κ2) is 10.6. The van der Waals surface area contributed by atoms with E-state index in [2.05, 4.69) is 26.9 Å². The lowest BCUT2D eigenvalue weighted by Gasteiger charge is -2.37. The maximum Gasteiger partial charge on any atom is 0.251 e. The molecule has 2 fully saturated rings. The average molecular weight is 476 g/mol. The molecule has 0 bridgehead atoms. The Kier molecular flexibility index (Phi) is 7.13. The number of aromatic nitrogens is 1. The number of nitrogens with one attached hydrogen (secondary N) is 1. The largest absolute Gasteiger partial charge is 0.368 e. The standard InChI is InChI=1S/C28H34FN5O/c1-21(32-14-2-3-15-32)10-12-31-28(35)23-5-4-22-11-13-30-27(26(22)20-23)34-18-16-33(17-19-34)25-8-6-24(29)7-9-25/h4-9,11,13,20-21H,2-3,10,12,14-19H2,1H3,(H,31,35)/t21-/m1/s1. The van der Waals surface area contributed by atoms with Crippen LogP contribution >= 0.6 is 0 Å². The highest BCUT2D eigenvalue weighted by atomic mass is 19.1. The van der Waals surface area contributed by atoms with Gasteiger partial charge in [-0.3, -0.25) is 4.79 Å². The molecule has 1 amide bonds. The topological polar surface area (TPSA) is 51.7 Å². The zero-order valence-electron chi connectivity index (χ0n) is 20.4. The van der Waals surface area contributed by atoms with Gasteiger partial charge in [0, 0.05) is 61.6 Å². The quantitative estimate of drug-likeness (QED) is 0.552. The Morgan fingerprint density at radius 3 is 2.43 bits per heavy atom. The Labute approximate surface area is 206 Å². The Morgan fingerprint density at radius 2 is 1.69 bits per heavy atom. The van der Waals surface area contributed by atoms with Crippen molar-refractivity contribution in [1.29, 1.82) is 0 Å². The first-order valence-corrected chi connectivity index (χ1v) is 12.7. The van der Waals surface area contributed by atoms with Gasteiger partial charge in [-0.05, 0) is 87.1 Å². The number of benzene rings is 2. The lowest BCUT2D eigenvalue weighted by atomic mass is 10.1. The molecule has 1 N–H and O–H groups in total. The second-order valence-electron chi connectivity index (χ2n) is 9.66. The van der Waals surface area contributed by atoms with Gasteiger partial charge in [0.2, 0.25) is 0 Å². The van der Waals surface area contributed by atoms with Gasteiger partial charge in [-0.25, -0.2) is 9.37 Å². The van der Waals surface area contributed by atoms with E-state index in [1.807, 2.05) is 42.6 Å². The van der Waals surface area contributed by atoms with Gasteiger partial charge >= 0.3 is 0 Å². The third-order valence-corrected chi connectivity index (χ3v) is 7.39. The number of hydrogen-bond donors (Lipinski definition) is 1. The Hall–Kier alpha value is -3.19. The number of carbonyl (C=O) groups excluding carboxylic acids is 1. The van der Waals surface area contributed by atoms with Crippen LogP contribution in [-0.4, -0.2) is 67.6 Å². The van der Waals surface area contributed by atoms with Crippen LogP contribution in [0.5, 0.6) is 0 Å². The molecule has 0 radical (unpaired) electrons. The summed E-state index contributed by atoms with van der Waals surface area (Å²) in [6, 6.07) is 15.1. The number of amides is 1. The second-order valence-corrected chi connectivity index (χ2v) is 9.66. The summed E-state index contributed by atoms with van der Waals surface area (Å²) in [6.07, 6.45) is 5.37. The number of fused-ring (bicyclic) bond motifs is 1. The van der Waals surface area contributed by atoms with E-state index in [1.165, 1.54) is 38.1 Å². The van der Waals surface area contributed by atoms with Gasteiger partial charge in [-0.15, -0.1) is 0 Å². The summed E-state index contributed by atoms with van der Waals surface area (Å²) in [5.41, 5.74) is 1.71. The van der Waals surface area contributed by atoms with E-state index < -0.39 is 0 Å². The minimum Gasteiger partial charge on any atom is -0.368 e. The highest BCUT2D eigenvalue weighted by Gasteiger charge is 2.21. The molecular weight excluding hydrogens is 441 g/mol. The fraction of sp³-hybridized carbons (Fsp3) is 0.429. The van der Waals surface area contributed by atoms with Crippen LogP contribution in [0.2, 0.25) is 0 Å². The van der Waals surface area contributed by atoms with Crippen LogP contribution in [0.15, 0.2) is 54.7 Å². The maximum absolute atomic E-state index is 13.3. The number of anilines is 2. The molecule has 3 heterocycles. The first kappa shape index (κ1) is 23.5. The Morgan fingerprint density at radius 1 is 0.971 bits per heavy atom. The number of nitrogens with zero attached hydrogens (tertiary/aromatic N) is 4. The minimum absolute atomic E-state index is 0.0311. The maximum atomic E-state index is 13.3. The molecule has 1 atom stereocenters. The summed E-state index contributed by atoms with van der Waals surface area (Å²) in [6.45, 7) is 8.57. The average Bonchev–Trinajstić information content (AvgIpc) is 3.44. The van der Waals surface area contributed by atoms with Gasteiger partial charge < -0.3 is 20.0 Å². The Balaban J connectivity index is 1.24. The lowest BCUT2D eigenvalue weighted by Crippen LogP contribution is -2.46. The number of rotatable bonds is 7. The molecule has 5 rings (SSSR count). The van der Waals surface area contributed by atoms with Crippen molar-refractivity contribution < 1.29 is 9.18 Å². The zero-order valence-corrected chi connectivity index (χ0v) is 20.4. The molecule has 0 saturated carbocycles. The van der Waals surface area contributed by atoms with Crippen molar-refractivity contribution in [2.75, 3.05) is 55.6 Å². The summed E-state index contributed by atoms with van der Waals surface area (Å²) in [5.74, 6) is 0.670. The minimum atomic E-state index is -0.215. The zero-order chi connectivity index (χ0) is 24.2. The van der Waals surface area contributed by atoms with E-state index in [1.54, 1.807) is 0 Å². The normalized spacial score (nSPS) is 17.7. The third kappa shape index (κ3) is 5.40. The fourth-order valence-electron chi connectivity index (χ4n) is 5.24. The predicted molar refractivity (Wildman–Crippen MR) is 140 cm³/mol. The third-order valence-electron chi connectivity index (χ3n) is 7.39. The SMILES string of the molecule is C[C@H](CCNC(=O)c1ccc2ccnc(N3CCN(c4ccc(F)cc4)CC3)c2c1)N1CCCC1. The van der Waals surface area contributed by atoms with Crippen LogP contribution in [-0.2, 0) is 0 Å². The molecule has 2 saturated heterocycles. The van der Waals surface area contributed by atoms with Gasteiger partial charge in [0.1, 0.15) is 11.6 Å². The van der Waals surface area contributed by atoms with Crippen LogP contribution in [0.3, 0.4) is 0 Å². The molecular formula is C28H34FN5O. The monoisotopic (exact) mass is 475 g/mol. The van der Waals surface area contributed by atoms with Gasteiger partial charge in [0.05, 0.1) is 0 Å². The van der Waals surface area contributed by atoms with E-state index in [0.717, 1.165) is 54.9 Å². The fourth-order valence-corrected chi connectivity index (χ4v) is 5.24.